The number of sulfone groups is 1. The highest BCUT2D eigenvalue weighted by Crippen LogP contribution is 2.27. The number of nitrogens with one attached hydrogen (secondary N) is 1. The van der Waals surface area contributed by atoms with E-state index in [9.17, 15) is 8.42 Å². The van der Waals surface area contributed by atoms with E-state index in [0.717, 1.165) is 37.4 Å². The van der Waals surface area contributed by atoms with Crippen LogP contribution in [0.3, 0.4) is 0 Å². The average molecular weight is 387 g/mol. The van der Waals surface area contributed by atoms with Crippen molar-refractivity contribution in [3.63, 3.8) is 0 Å². The van der Waals surface area contributed by atoms with Crippen molar-refractivity contribution in [1.29, 1.82) is 0 Å². The fourth-order valence-electron chi connectivity index (χ4n) is 4.22. The first-order chi connectivity index (χ1) is 11.9. The molecule has 0 radical (unpaired) electrons. The van der Waals surface area contributed by atoms with E-state index in [1.54, 1.807) is 7.05 Å². The molecule has 2 fully saturated rings. The molecule has 2 heterocycles. The van der Waals surface area contributed by atoms with Gasteiger partial charge in [0, 0.05) is 45.3 Å². The molecule has 0 spiro atoms. The molecule has 1 N–H and O–H groups in total. The largest absolute Gasteiger partial charge is 0.354 e. The fraction of sp³-hybridized carbons (Fsp3) is 0.947. The van der Waals surface area contributed by atoms with Crippen LogP contribution in [0.4, 0.5) is 0 Å². The van der Waals surface area contributed by atoms with E-state index in [1.165, 1.54) is 6.42 Å². The normalized spacial score (nSPS) is 30.3. The highest BCUT2D eigenvalue weighted by Gasteiger charge is 2.41. The third kappa shape index (κ3) is 4.71. The number of rotatable bonds is 3. The number of piperidine rings is 1. The molecule has 26 heavy (non-hydrogen) atoms. The summed E-state index contributed by atoms with van der Waals surface area (Å²) < 4.78 is 23.8. The van der Waals surface area contributed by atoms with Crippen LogP contribution < -0.4 is 5.32 Å². The lowest BCUT2D eigenvalue weighted by molar-refractivity contribution is 0.0480. The van der Waals surface area contributed by atoms with Gasteiger partial charge in [-0.05, 0) is 46.0 Å². The van der Waals surface area contributed by atoms with Crippen molar-refractivity contribution in [2.45, 2.75) is 58.2 Å². The van der Waals surface area contributed by atoms with Crippen LogP contribution in [0.25, 0.3) is 0 Å². The summed E-state index contributed by atoms with van der Waals surface area (Å²) in [6, 6.07) is 0. The number of aliphatic imine (C=N–C) groups is 1. The number of hydrogen-bond acceptors (Lipinski definition) is 4. The maximum absolute atomic E-state index is 12.3. The summed E-state index contributed by atoms with van der Waals surface area (Å²) in [4.78, 5) is 9.08. The number of nitrogens with zero attached hydrogens (tertiary/aromatic N) is 3. The molecular weight excluding hydrogens is 348 g/mol. The first-order valence-corrected chi connectivity index (χ1v) is 11.5. The third-order valence-electron chi connectivity index (χ3n) is 5.96. The van der Waals surface area contributed by atoms with Crippen molar-refractivity contribution in [3.05, 3.63) is 0 Å². The second-order valence-corrected chi connectivity index (χ2v) is 12.3. The molecule has 0 bridgehead atoms. The Balaban J connectivity index is 2.00. The van der Waals surface area contributed by atoms with Gasteiger partial charge in [-0.1, -0.05) is 13.8 Å². The summed E-state index contributed by atoms with van der Waals surface area (Å²) in [5.74, 6) is 2.45. The zero-order valence-corrected chi connectivity index (χ0v) is 18.5. The molecule has 2 aliphatic heterocycles. The summed E-state index contributed by atoms with van der Waals surface area (Å²) >= 11 is 0. The van der Waals surface area contributed by atoms with Crippen LogP contribution in [0, 0.1) is 11.8 Å². The Morgan fingerprint density at radius 3 is 2.31 bits per heavy atom. The smallest absolute Gasteiger partial charge is 0.193 e. The molecule has 2 rings (SSSR count). The maximum Gasteiger partial charge on any atom is 0.193 e. The molecule has 152 valence electrons. The number of hydrogen-bond donors (Lipinski definition) is 1. The van der Waals surface area contributed by atoms with Gasteiger partial charge in [0.2, 0.25) is 0 Å². The van der Waals surface area contributed by atoms with Gasteiger partial charge in [0.1, 0.15) is 0 Å². The summed E-state index contributed by atoms with van der Waals surface area (Å²) in [6.45, 7) is 16.9. The Kier molecular flexibility index (Phi) is 6.33. The molecule has 7 heteroatoms. The standard InChI is InChI=1S/C19H38N4O2S/c1-15-10-16(2)12-23(11-15)18(3,4)13-21-17(20-7)22-8-9-26(24,25)19(5,6)14-22/h15-16H,8-14H2,1-7H3,(H,20,21). The van der Waals surface area contributed by atoms with Gasteiger partial charge in [-0.25, -0.2) is 8.42 Å². The maximum atomic E-state index is 12.3. The van der Waals surface area contributed by atoms with Gasteiger partial charge in [-0.2, -0.15) is 0 Å². The highest BCUT2D eigenvalue weighted by molar-refractivity contribution is 7.92. The van der Waals surface area contributed by atoms with E-state index >= 15 is 0 Å². The minimum atomic E-state index is -3.04. The van der Waals surface area contributed by atoms with Gasteiger partial charge < -0.3 is 10.2 Å². The molecule has 2 aliphatic rings. The van der Waals surface area contributed by atoms with Crippen molar-refractivity contribution in [3.8, 4) is 0 Å². The van der Waals surface area contributed by atoms with Gasteiger partial charge in [0.05, 0.1) is 10.5 Å². The predicted octanol–water partition coefficient (Wildman–Crippen LogP) is 1.83. The van der Waals surface area contributed by atoms with E-state index in [2.05, 4.69) is 47.8 Å². The average Bonchev–Trinajstić information content (AvgIpc) is 2.50. The summed E-state index contributed by atoms with van der Waals surface area (Å²) in [7, 11) is -1.27. The van der Waals surface area contributed by atoms with Crippen molar-refractivity contribution >= 4 is 15.8 Å². The molecule has 0 amide bonds. The van der Waals surface area contributed by atoms with Gasteiger partial charge in [0.15, 0.2) is 15.8 Å². The lowest BCUT2D eigenvalue weighted by Crippen LogP contribution is -2.60. The van der Waals surface area contributed by atoms with Gasteiger partial charge >= 0.3 is 0 Å². The molecule has 0 aromatic heterocycles. The van der Waals surface area contributed by atoms with Crippen LogP contribution >= 0.6 is 0 Å². The molecule has 2 unspecified atom stereocenters. The molecular formula is C19H38N4O2S. The quantitative estimate of drug-likeness (QED) is 0.592. The molecule has 2 saturated heterocycles. The first kappa shape index (κ1) is 21.5. The fourth-order valence-corrected chi connectivity index (χ4v) is 5.59. The van der Waals surface area contributed by atoms with E-state index in [0.29, 0.717) is 13.1 Å². The zero-order valence-electron chi connectivity index (χ0n) is 17.7. The van der Waals surface area contributed by atoms with E-state index < -0.39 is 14.6 Å². The predicted molar refractivity (Wildman–Crippen MR) is 109 cm³/mol. The van der Waals surface area contributed by atoms with Gasteiger partial charge in [-0.3, -0.25) is 9.89 Å². The Hall–Kier alpha value is -0.820. The number of guanidine groups is 1. The second-order valence-electron chi connectivity index (χ2n) is 9.56. The van der Waals surface area contributed by atoms with Gasteiger partial charge in [-0.15, -0.1) is 0 Å². The van der Waals surface area contributed by atoms with Crippen LogP contribution in [0.2, 0.25) is 0 Å². The summed E-state index contributed by atoms with van der Waals surface area (Å²) in [5, 5.41) is 3.51. The zero-order chi connectivity index (χ0) is 19.8. The second kappa shape index (κ2) is 7.66. The Morgan fingerprint density at radius 2 is 1.81 bits per heavy atom. The highest BCUT2D eigenvalue weighted by atomic mass is 32.2. The van der Waals surface area contributed by atoms with Crippen LogP contribution in [0.15, 0.2) is 4.99 Å². The molecule has 6 nitrogen and oxygen atoms in total. The van der Waals surface area contributed by atoms with Crippen molar-refractivity contribution in [2.75, 3.05) is 45.5 Å². The lowest BCUT2D eigenvalue weighted by Gasteiger charge is -2.46. The van der Waals surface area contributed by atoms with Crippen LogP contribution in [0.5, 0.6) is 0 Å². The van der Waals surface area contributed by atoms with E-state index in [-0.39, 0.29) is 11.3 Å². The summed E-state index contributed by atoms with van der Waals surface area (Å²) in [5.41, 5.74) is 0.0241. The van der Waals surface area contributed by atoms with Crippen LogP contribution in [-0.2, 0) is 9.84 Å². The molecule has 0 aromatic carbocycles. The monoisotopic (exact) mass is 386 g/mol. The molecule has 0 aromatic rings. The van der Waals surface area contributed by atoms with Crippen LogP contribution in [0.1, 0.15) is 48.0 Å². The van der Waals surface area contributed by atoms with Gasteiger partial charge in [0.25, 0.3) is 0 Å². The van der Waals surface area contributed by atoms with Crippen molar-refractivity contribution < 1.29 is 8.42 Å². The van der Waals surface area contributed by atoms with E-state index in [1.807, 2.05) is 13.8 Å². The Morgan fingerprint density at radius 1 is 1.23 bits per heavy atom. The molecule has 0 saturated carbocycles. The molecule has 2 atom stereocenters. The first-order valence-electron chi connectivity index (χ1n) is 9.81. The third-order valence-corrected chi connectivity index (χ3v) is 8.49. The van der Waals surface area contributed by atoms with E-state index in [4.69, 9.17) is 0 Å². The molecule has 0 aliphatic carbocycles. The SMILES string of the molecule is CN=C(NCC(C)(C)N1CC(C)CC(C)C1)N1CCS(=O)(=O)C(C)(C)C1. The minimum absolute atomic E-state index is 0.0241. The minimum Gasteiger partial charge on any atom is -0.354 e. The van der Waals surface area contributed by atoms with Crippen LogP contribution in [-0.4, -0.2) is 80.0 Å². The summed E-state index contributed by atoms with van der Waals surface area (Å²) in [6.07, 6.45) is 1.30. The Labute approximate surface area is 160 Å². The lowest BCUT2D eigenvalue weighted by atomic mass is 9.88. The van der Waals surface area contributed by atoms with Crippen molar-refractivity contribution in [1.82, 2.24) is 15.1 Å². The van der Waals surface area contributed by atoms with Crippen molar-refractivity contribution in [2.24, 2.45) is 16.8 Å². The topological polar surface area (TPSA) is 65.0 Å². The Bertz CT molecular complexity index is 617. The number of likely N-dealkylation sites (tertiary alicyclic amines) is 1.